The van der Waals surface area contributed by atoms with Crippen molar-refractivity contribution in [3.63, 3.8) is 0 Å². The van der Waals surface area contributed by atoms with E-state index in [9.17, 15) is 0 Å². The fourth-order valence-corrected chi connectivity index (χ4v) is 2.40. The molecular formula is C15H17N3O. The van der Waals surface area contributed by atoms with E-state index in [0.29, 0.717) is 5.82 Å². The van der Waals surface area contributed by atoms with E-state index in [1.54, 1.807) is 0 Å². The lowest BCUT2D eigenvalue weighted by Crippen LogP contribution is -2.04. The molecule has 98 valence electrons. The summed E-state index contributed by atoms with van der Waals surface area (Å²) in [6, 6.07) is 6.19. The van der Waals surface area contributed by atoms with Crippen LogP contribution in [0.1, 0.15) is 23.9 Å². The molecule has 3 rings (SSSR count). The summed E-state index contributed by atoms with van der Waals surface area (Å²) in [6.07, 6.45) is 1.73. The summed E-state index contributed by atoms with van der Waals surface area (Å²) < 4.78 is 5.75. The number of ether oxygens (including phenoxy) is 1. The van der Waals surface area contributed by atoms with Gasteiger partial charge in [-0.15, -0.1) is 0 Å². The van der Waals surface area contributed by atoms with Gasteiger partial charge in [-0.1, -0.05) is 19.1 Å². The molecule has 1 aliphatic rings. The van der Waals surface area contributed by atoms with E-state index in [2.05, 4.69) is 16.0 Å². The zero-order valence-electron chi connectivity index (χ0n) is 11.2. The number of fused-ring (bicyclic) bond motifs is 1. The Morgan fingerprint density at radius 3 is 2.95 bits per heavy atom. The number of nitrogens with zero attached hydrogens (tertiary/aromatic N) is 2. The van der Waals surface area contributed by atoms with E-state index in [1.165, 1.54) is 5.56 Å². The quantitative estimate of drug-likeness (QED) is 0.895. The highest BCUT2D eigenvalue weighted by Gasteiger charge is 2.20. The lowest BCUT2D eigenvalue weighted by atomic mass is 10.0. The molecule has 1 aromatic carbocycles. The van der Waals surface area contributed by atoms with Gasteiger partial charge in [0.05, 0.1) is 12.3 Å². The third-order valence-corrected chi connectivity index (χ3v) is 3.52. The Morgan fingerprint density at radius 1 is 1.32 bits per heavy atom. The number of hydrogen-bond donors (Lipinski definition) is 1. The van der Waals surface area contributed by atoms with Crippen LogP contribution in [0.5, 0.6) is 5.75 Å². The van der Waals surface area contributed by atoms with Gasteiger partial charge in [-0.25, -0.2) is 9.97 Å². The Bertz CT molecular complexity index is 638. The number of para-hydroxylation sites is 1. The number of rotatable bonds is 2. The maximum Gasteiger partial charge on any atom is 0.132 e. The van der Waals surface area contributed by atoms with E-state index < -0.39 is 0 Å². The van der Waals surface area contributed by atoms with Crippen LogP contribution in [0.25, 0.3) is 11.3 Å². The molecule has 0 aliphatic carbocycles. The Hall–Kier alpha value is -2.10. The minimum absolute atomic E-state index is 0.553. The first-order valence-electron chi connectivity index (χ1n) is 6.58. The third-order valence-electron chi connectivity index (χ3n) is 3.52. The highest BCUT2D eigenvalue weighted by atomic mass is 16.5. The highest BCUT2D eigenvalue weighted by molar-refractivity contribution is 5.74. The molecule has 0 spiro atoms. The number of aryl methyl sites for hydroxylation is 1. The molecular weight excluding hydrogens is 238 g/mol. The molecule has 4 nitrogen and oxygen atoms in total. The first-order chi connectivity index (χ1) is 9.20. The minimum Gasteiger partial charge on any atom is -0.492 e. The summed E-state index contributed by atoms with van der Waals surface area (Å²) in [4.78, 5) is 8.93. The van der Waals surface area contributed by atoms with E-state index in [-0.39, 0.29) is 0 Å². The minimum atomic E-state index is 0.553. The van der Waals surface area contributed by atoms with Gasteiger partial charge in [-0.3, -0.25) is 0 Å². The lowest BCUT2D eigenvalue weighted by Gasteiger charge is -2.12. The number of hydrogen-bond acceptors (Lipinski definition) is 4. The second kappa shape index (κ2) is 4.53. The first-order valence-corrected chi connectivity index (χ1v) is 6.58. The summed E-state index contributed by atoms with van der Waals surface area (Å²) in [5.74, 6) is 2.27. The van der Waals surface area contributed by atoms with Crippen LogP contribution in [0.2, 0.25) is 0 Å². The lowest BCUT2D eigenvalue weighted by molar-refractivity contribution is 0.358. The molecule has 0 saturated carbocycles. The van der Waals surface area contributed by atoms with Crippen LogP contribution in [0.3, 0.4) is 0 Å². The molecule has 1 aromatic heterocycles. The predicted octanol–water partition coefficient (Wildman–Crippen LogP) is 2.53. The zero-order chi connectivity index (χ0) is 13.4. The third kappa shape index (κ3) is 1.93. The molecule has 2 aromatic rings. The molecule has 0 unspecified atom stereocenters. The molecule has 0 saturated heterocycles. The summed E-state index contributed by atoms with van der Waals surface area (Å²) in [5.41, 5.74) is 10.1. The fourth-order valence-electron chi connectivity index (χ4n) is 2.40. The Labute approximate surface area is 112 Å². The average molecular weight is 255 g/mol. The van der Waals surface area contributed by atoms with Gasteiger partial charge in [0.25, 0.3) is 0 Å². The van der Waals surface area contributed by atoms with Gasteiger partial charge in [0.2, 0.25) is 0 Å². The molecule has 0 radical (unpaired) electrons. The standard InChI is InChI=1S/C15H17N3O/c1-3-12-17-13(9(2)15(16)18-12)11-6-4-5-10-7-8-19-14(10)11/h4-6H,3,7-8H2,1-2H3,(H2,16,17,18). The number of nitrogens with two attached hydrogens (primary N) is 1. The largest absolute Gasteiger partial charge is 0.492 e. The molecule has 0 atom stereocenters. The smallest absolute Gasteiger partial charge is 0.132 e. The summed E-state index contributed by atoms with van der Waals surface area (Å²) in [7, 11) is 0. The van der Waals surface area contributed by atoms with E-state index in [0.717, 1.165) is 47.8 Å². The van der Waals surface area contributed by atoms with Gasteiger partial charge >= 0.3 is 0 Å². The van der Waals surface area contributed by atoms with Crippen LogP contribution in [0.15, 0.2) is 18.2 Å². The summed E-state index contributed by atoms with van der Waals surface area (Å²) in [6.45, 7) is 4.73. The van der Waals surface area contributed by atoms with Crippen molar-refractivity contribution in [3.8, 4) is 17.0 Å². The molecule has 19 heavy (non-hydrogen) atoms. The van der Waals surface area contributed by atoms with Crippen molar-refractivity contribution in [2.45, 2.75) is 26.7 Å². The fraction of sp³-hybridized carbons (Fsp3) is 0.333. The van der Waals surface area contributed by atoms with Crippen molar-refractivity contribution in [3.05, 3.63) is 35.2 Å². The molecule has 0 fully saturated rings. The predicted molar refractivity (Wildman–Crippen MR) is 75.2 cm³/mol. The normalized spacial score (nSPS) is 13.2. The Kier molecular flexibility index (Phi) is 2.85. The summed E-state index contributed by atoms with van der Waals surface area (Å²) >= 11 is 0. The molecule has 4 heteroatoms. The number of nitrogen functional groups attached to an aromatic ring is 1. The maximum atomic E-state index is 5.99. The maximum absolute atomic E-state index is 5.99. The zero-order valence-corrected chi connectivity index (χ0v) is 11.2. The topological polar surface area (TPSA) is 61.0 Å². The molecule has 1 aliphatic heterocycles. The van der Waals surface area contributed by atoms with Crippen molar-refractivity contribution in [2.75, 3.05) is 12.3 Å². The van der Waals surface area contributed by atoms with Gasteiger partial charge in [-0.05, 0) is 18.6 Å². The van der Waals surface area contributed by atoms with Crippen molar-refractivity contribution in [2.24, 2.45) is 0 Å². The Morgan fingerprint density at radius 2 is 2.16 bits per heavy atom. The van der Waals surface area contributed by atoms with Crippen LogP contribution < -0.4 is 10.5 Å². The van der Waals surface area contributed by atoms with Crippen LogP contribution in [-0.4, -0.2) is 16.6 Å². The van der Waals surface area contributed by atoms with E-state index in [4.69, 9.17) is 10.5 Å². The van der Waals surface area contributed by atoms with Crippen LogP contribution >= 0.6 is 0 Å². The first kappa shape index (κ1) is 12.0. The molecule has 2 heterocycles. The van der Waals surface area contributed by atoms with E-state index >= 15 is 0 Å². The van der Waals surface area contributed by atoms with Crippen LogP contribution in [0, 0.1) is 6.92 Å². The number of benzene rings is 1. The van der Waals surface area contributed by atoms with Gasteiger partial charge in [0.1, 0.15) is 17.4 Å². The second-order valence-electron chi connectivity index (χ2n) is 4.74. The van der Waals surface area contributed by atoms with Crippen molar-refractivity contribution in [1.29, 1.82) is 0 Å². The molecule has 2 N–H and O–H groups in total. The Balaban J connectivity index is 2.22. The van der Waals surface area contributed by atoms with Gasteiger partial charge in [0, 0.05) is 24.0 Å². The highest BCUT2D eigenvalue weighted by Crippen LogP contribution is 2.37. The van der Waals surface area contributed by atoms with Crippen molar-refractivity contribution in [1.82, 2.24) is 9.97 Å². The molecule has 0 amide bonds. The van der Waals surface area contributed by atoms with Gasteiger partial charge in [-0.2, -0.15) is 0 Å². The second-order valence-corrected chi connectivity index (χ2v) is 4.74. The van der Waals surface area contributed by atoms with Crippen LogP contribution in [-0.2, 0) is 12.8 Å². The van der Waals surface area contributed by atoms with Gasteiger partial charge in [0.15, 0.2) is 0 Å². The molecule has 0 bridgehead atoms. The SMILES string of the molecule is CCc1nc(N)c(C)c(-c2cccc3c2OCC3)n1. The average Bonchev–Trinajstić information content (AvgIpc) is 2.90. The van der Waals surface area contributed by atoms with Crippen LogP contribution in [0.4, 0.5) is 5.82 Å². The van der Waals surface area contributed by atoms with Crippen molar-refractivity contribution >= 4 is 5.82 Å². The van der Waals surface area contributed by atoms with Gasteiger partial charge < -0.3 is 10.5 Å². The van der Waals surface area contributed by atoms with Crippen molar-refractivity contribution < 1.29 is 4.74 Å². The number of aromatic nitrogens is 2. The number of anilines is 1. The van der Waals surface area contributed by atoms with E-state index in [1.807, 2.05) is 26.0 Å². The monoisotopic (exact) mass is 255 g/mol. The summed E-state index contributed by atoms with van der Waals surface area (Å²) in [5, 5.41) is 0.